The summed E-state index contributed by atoms with van der Waals surface area (Å²) in [4.78, 5) is 21.5. The van der Waals surface area contributed by atoms with Crippen molar-refractivity contribution in [3.05, 3.63) is 70.9 Å². The molecular weight excluding hydrogens is 482 g/mol. The molecule has 0 N–H and O–H groups in total. The molecule has 0 radical (unpaired) electrons. The maximum absolute atomic E-state index is 13.3. The highest BCUT2D eigenvalue weighted by Crippen LogP contribution is 2.38. The van der Waals surface area contributed by atoms with Crippen molar-refractivity contribution in [2.45, 2.75) is 13.0 Å². The molecule has 5 rings (SSSR count). The number of fused-ring (bicyclic) bond motifs is 3. The summed E-state index contributed by atoms with van der Waals surface area (Å²) < 4.78 is 23.8. The molecule has 0 saturated heterocycles. The maximum Gasteiger partial charge on any atom is 0.259 e. The fourth-order valence-electron chi connectivity index (χ4n) is 4.18. The number of benzene rings is 2. The van der Waals surface area contributed by atoms with Crippen LogP contribution in [0.1, 0.15) is 22.3 Å². The molecule has 8 nitrogen and oxygen atoms in total. The molecule has 0 saturated carbocycles. The van der Waals surface area contributed by atoms with Gasteiger partial charge in [0.1, 0.15) is 12.2 Å². The van der Waals surface area contributed by atoms with Crippen molar-refractivity contribution < 1.29 is 23.7 Å². The summed E-state index contributed by atoms with van der Waals surface area (Å²) in [6, 6.07) is 14.7. The number of rotatable bonds is 2. The van der Waals surface area contributed by atoms with E-state index in [1.165, 1.54) is 0 Å². The smallest absolute Gasteiger partial charge is 0.259 e. The van der Waals surface area contributed by atoms with E-state index in [-0.39, 0.29) is 11.8 Å². The van der Waals surface area contributed by atoms with Gasteiger partial charge in [-0.3, -0.25) is 9.69 Å². The molecule has 0 aliphatic carbocycles. The first-order valence-electron chi connectivity index (χ1n) is 12.0. The lowest BCUT2D eigenvalue weighted by Gasteiger charge is -2.26. The van der Waals surface area contributed by atoms with Crippen LogP contribution in [0, 0.1) is 0 Å². The quantitative estimate of drug-likeness (QED) is 0.497. The molecule has 2 aliphatic rings. The predicted molar refractivity (Wildman–Crippen MR) is 136 cm³/mol. The summed E-state index contributed by atoms with van der Waals surface area (Å²) >= 11 is 6.53. The van der Waals surface area contributed by atoms with E-state index in [4.69, 9.17) is 30.5 Å². The van der Waals surface area contributed by atoms with E-state index in [2.05, 4.69) is 9.88 Å². The van der Waals surface area contributed by atoms with Gasteiger partial charge in [-0.1, -0.05) is 23.7 Å². The second kappa shape index (κ2) is 11.1. The first kappa shape index (κ1) is 24.2. The molecule has 0 fully saturated rings. The minimum Gasteiger partial charge on any atom is -0.489 e. The second-order valence-electron chi connectivity index (χ2n) is 8.71. The monoisotopic (exact) mass is 509 g/mol. The summed E-state index contributed by atoms with van der Waals surface area (Å²) in [5.41, 5.74) is 1.40. The minimum atomic E-state index is -0.158. The van der Waals surface area contributed by atoms with Crippen molar-refractivity contribution in [1.29, 1.82) is 0 Å². The van der Waals surface area contributed by atoms with Gasteiger partial charge < -0.3 is 23.8 Å². The zero-order valence-corrected chi connectivity index (χ0v) is 20.9. The van der Waals surface area contributed by atoms with E-state index in [1.54, 1.807) is 36.3 Å². The molecule has 3 heterocycles. The molecule has 1 aromatic heterocycles. The van der Waals surface area contributed by atoms with Crippen LogP contribution in [0.5, 0.6) is 28.9 Å². The average molecular weight is 510 g/mol. The number of para-hydroxylation sites is 2. The lowest BCUT2D eigenvalue weighted by Crippen LogP contribution is -2.37. The summed E-state index contributed by atoms with van der Waals surface area (Å²) in [6.07, 6.45) is 2.42. The van der Waals surface area contributed by atoms with E-state index in [0.29, 0.717) is 79.6 Å². The summed E-state index contributed by atoms with van der Waals surface area (Å²) in [5, 5.41) is 0.536. The molecule has 0 bridgehead atoms. The van der Waals surface area contributed by atoms with Crippen LogP contribution in [-0.4, -0.2) is 67.2 Å². The van der Waals surface area contributed by atoms with Crippen molar-refractivity contribution in [3.63, 3.8) is 0 Å². The summed E-state index contributed by atoms with van der Waals surface area (Å²) in [7, 11) is 1.78. The number of carbonyl (C=O) groups is 1. The molecule has 188 valence electrons. The highest BCUT2D eigenvalue weighted by molar-refractivity contribution is 6.32. The van der Waals surface area contributed by atoms with Crippen molar-refractivity contribution in [3.8, 4) is 28.9 Å². The highest BCUT2D eigenvalue weighted by Gasteiger charge is 2.22. The van der Waals surface area contributed by atoms with Crippen LogP contribution in [-0.2, 0) is 6.54 Å². The Morgan fingerprint density at radius 1 is 0.917 bits per heavy atom. The Morgan fingerprint density at radius 3 is 2.61 bits per heavy atom. The third-order valence-corrected chi connectivity index (χ3v) is 6.37. The molecule has 9 heteroatoms. The number of amides is 1. The van der Waals surface area contributed by atoms with Gasteiger partial charge in [0.25, 0.3) is 5.91 Å². The van der Waals surface area contributed by atoms with Crippen LogP contribution in [0.4, 0.5) is 0 Å². The molecule has 2 aromatic carbocycles. The molecule has 0 atom stereocenters. The summed E-state index contributed by atoms with van der Waals surface area (Å²) in [6.45, 7) is 4.00. The summed E-state index contributed by atoms with van der Waals surface area (Å²) in [5.74, 6) is 2.46. The lowest BCUT2D eigenvalue weighted by molar-refractivity contribution is 0.0770. The van der Waals surface area contributed by atoms with E-state index in [1.807, 2.05) is 30.3 Å². The van der Waals surface area contributed by atoms with E-state index >= 15 is 0 Å². The van der Waals surface area contributed by atoms with Gasteiger partial charge in [-0.2, -0.15) is 0 Å². The van der Waals surface area contributed by atoms with E-state index < -0.39 is 0 Å². The molecule has 3 aromatic rings. The largest absolute Gasteiger partial charge is 0.489 e. The highest BCUT2D eigenvalue weighted by atomic mass is 35.5. The normalized spacial score (nSPS) is 16.7. The van der Waals surface area contributed by atoms with Crippen LogP contribution in [0.3, 0.4) is 0 Å². The van der Waals surface area contributed by atoms with Crippen molar-refractivity contribution in [1.82, 2.24) is 14.8 Å². The zero-order chi connectivity index (χ0) is 24.9. The number of pyridine rings is 1. The average Bonchev–Trinajstić information content (AvgIpc) is 3.13. The fraction of sp³-hybridized carbons (Fsp3) is 0.333. The van der Waals surface area contributed by atoms with Crippen LogP contribution >= 0.6 is 11.6 Å². The SMILES string of the molecule is CN1CCN(Cc2cc(Cl)c3c(c2)OCCCO3)CCOc2ccccc2Oc2ncccc2C1=O. The van der Waals surface area contributed by atoms with Crippen LogP contribution in [0.15, 0.2) is 54.7 Å². The molecule has 0 unspecified atom stereocenters. The zero-order valence-electron chi connectivity index (χ0n) is 20.1. The van der Waals surface area contributed by atoms with Crippen LogP contribution < -0.4 is 18.9 Å². The van der Waals surface area contributed by atoms with Crippen molar-refractivity contribution in [2.24, 2.45) is 0 Å². The number of ether oxygens (including phenoxy) is 4. The lowest BCUT2D eigenvalue weighted by atomic mass is 10.1. The Kier molecular flexibility index (Phi) is 7.44. The van der Waals surface area contributed by atoms with Crippen LogP contribution in [0.2, 0.25) is 5.02 Å². The van der Waals surface area contributed by atoms with Gasteiger partial charge in [0.05, 0.1) is 18.2 Å². The molecule has 1 amide bonds. The van der Waals surface area contributed by atoms with E-state index in [0.717, 1.165) is 12.0 Å². The number of nitrogens with zero attached hydrogens (tertiary/aromatic N) is 3. The number of hydrogen-bond acceptors (Lipinski definition) is 7. The van der Waals surface area contributed by atoms with E-state index in [9.17, 15) is 4.79 Å². The Balaban J connectivity index is 1.41. The van der Waals surface area contributed by atoms with Crippen LogP contribution in [0.25, 0.3) is 0 Å². The number of aromatic nitrogens is 1. The van der Waals surface area contributed by atoms with Gasteiger partial charge in [-0.25, -0.2) is 4.98 Å². The van der Waals surface area contributed by atoms with Gasteiger partial charge in [0.15, 0.2) is 23.0 Å². The minimum absolute atomic E-state index is 0.158. The number of hydrogen-bond donors (Lipinski definition) is 0. The molecular formula is C27H28ClN3O5. The second-order valence-corrected chi connectivity index (χ2v) is 9.12. The van der Waals surface area contributed by atoms with Gasteiger partial charge in [0, 0.05) is 45.8 Å². The van der Waals surface area contributed by atoms with Gasteiger partial charge in [0.2, 0.25) is 5.88 Å². The van der Waals surface area contributed by atoms with Gasteiger partial charge in [-0.15, -0.1) is 0 Å². The van der Waals surface area contributed by atoms with Crippen molar-refractivity contribution in [2.75, 3.05) is 46.5 Å². The first-order valence-corrected chi connectivity index (χ1v) is 12.4. The Bertz CT molecular complexity index is 1240. The first-order chi connectivity index (χ1) is 17.6. The Labute approximate surface area is 215 Å². The van der Waals surface area contributed by atoms with Gasteiger partial charge in [-0.05, 0) is 42.0 Å². The molecule has 0 spiro atoms. The molecule has 36 heavy (non-hydrogen) atoms. The predicted octanol–water partition coefficient (Wildman–Crippen LogP) is 4.66. The van der Waals surface area contributed by atoms with Gasteiger partial charge >= 0.3 is 0 Å². The van der Waals surface area contributed by atoms with Crippen molar-refractivity contribution >= 4 is 17.5 Å². The number of carbonyl (C=O) groups excluding carboxylic acids is 1. The standard InChI is InChI=1S/C27H28ClN3O5/c1-30-10-11-31(18-19-16-21(28)25-24(17-19)33-13-5-14-35-25)12-15-34-22-7-2-3-8-23(22)36-26-20(27(30)32)6-4-9-29-26/h2-4,6-9,16-17H,5,10-15,18H2,1H3. The number of likely N-dealkylation sites (N-methyl/N-ethyl adjacent to an activating group) is 1. The number of halogens is 1. The fourth-order valence-corrected chi connectivity index (χ4v) is 4.47. The third-order valence-electron chi connectivity index (χ3n) is 6.09. The Morgan fingerprint density at radius 2 is 1.72 bits per heavy atom. The Hall–Kier alpha value is -3.49. The topological polar surface area (TPSA) is 73.4 Å². The third kappa shape index (κ3) is 5.50. The maximum atomic E-state index is 13.3. The molecule has 2 aliphatic heterocycles.